The van der Waals surface area contributed by atoms with Gasteiger partial charge in [-0.3, -0.25) is 9.59 Å². The quantitative estimate of drug-likeness (QED) is 0.906. The van der Waals surface area contributed by atoms with Gasteiger partial charge in [0.1, 0.15) is 5.56 Å². The third-order valence-electron chi connectivity index (χ3n) is 3.71. The molecular weight excluding hydrogens is 286 g/mol. The summed E-state index contributed by atoms with van der Waals surface area (Å²) in [4.78, 5) is 27.7. The van der Waals surface area contributed by atoms with Gasteiger partial charge in [0.25, 0.3) is 11.5 Å². The van der Waals surface area contributed by atoms with Gasteiger partial charge in [-0.2, -0.15) is 0 Å². The van der Waals surface area contributed by atoms with Gasteiger partial charge in [0.2, 0.25) is 0 Å². The van der Waals surface area contributed by atoms with Crippen molar-refractivity contribution >= 4 is 17.2 Å². The number of piperazine rings is 1. The molecule has 0 unspecified atom stereocenters. The molecule has 5 nitrogen and oxygen atoms in total. The molecule has 2 aromatic heterocycles. The van der Waals surface area contributed by atoms with Crippen molar-refractivity contribution < 1.29 is 4.79 Å². The summed E-state index contributed by atoms with van der Waals surface area (Å²) >= 11 is 1.58. The summed E-state index contributed by atoms with van der Waals surface area (Å²) in [5, 5.41) is 5.17. The van der Waals surface area contributed by atoms with Crippen molar-refractivity contribution in [3.05, 3.63) is 45.6 Å². The standard InChI is InChI=1S/C15H17N3O2S/c1-17-12(13-3-2-10-21-13)5-4-11(14(17)19)15(20)18-8-6-16-7-9-18/h2-5,10,16H,6-9H2,1H3. The molecule has 1 saturated heterocycles. The first-order valence-electron chi connectivity index (χ1n) is 6.92. The van der Waals surface area contributed by atoms with E-state index in [1.165, 1.54) is 0 Å². The van der Waals surface area contributed by atoms with E-state index in [2.05, 4.69) is 5.32 Å². The number of carbonyl (C=O) groups excluding carboxylic acids is 1. The monoisotopic (exact) mass is 303 g/mol. The normalized spacial score (nSPS) is 15.2. The summed E-state index contributed by atoms with van der Waals surface area (Å²) in [5.74, 6) is -0.171. The first kappa shape index (κ1) is 14.0. The van der Waals surface area contributed by atoms with Crippen LogP contribution in [0.4, 0.5) is 0 Å². The van der Waals surface area contributed by atoms with Crippen LogP contribution in [0.2, 0.25) is 0 Å². The Morgan fingerprint density at radius 1 is 1.24 bits per heavy atom. The molecule has 2 aromatic rings. The fourth-order valence-electron chi connectivity index (χ4n) is 2.51. The first-order chi connectivity index (χ1) is 10.2. The number of amides is 1. The van der Waals surface area contributed by atoms with Gasteiger partial charge in [-0.1, -0.05) is 6.07 Å². The predicted octanol–water partition coefficient (Wildman–Crippen LogP) is 1.16. The van der Waals surface area contributed by atoms with Crippen LogP contribution in [0.5, 0.6) is 0 Å². The Hall–Kier alpha value is -1.92. The van der Waals surface area contributed by atoms with E-state index >= 15 is 0 Å². The second-order valence-electron chi connectivity index (χ2n) is 5.02. The smallest absolute Gasteiger partial charge is 0.263 e. The summed E-state index contributed by atoms with van der Waals surface area (Å²) in [6, 6.07) is 7.42. The highest BCUT2D eigenvalue weighted by molar-refractivity contribution is 7.13. The number of pyridine rings is 1. The Labute approximate surface area is 126 Å². The van der Waals surface area contributed by atoms with Gasteiger partial charge >= 0.3 is 0 Å². The van der Waals surface area contributed by atoms with Crippen molar-refractivity contribution in [3.8, 4) is 10.6 Å². The molecule has 0 atom stereocenters. The largest absolute Gasteiger partial charge is 0.336 e. The molecule has 1 aliphatic heterocycles. The summed E-state index contributed by atoms with van der Waals surface area (Å²) in [5.41, 5.74) is 0.857. The van der Waals surface area contributed by atoms with Crippen molar-refractivity contribution in [1.29, 1.82) is 0 Å². The highest BCUT2D eigenvalue weighted by atomic mass is 32.1. The lowest BCUT2D eigenvalue weighted by atomic mass is 10.2. The zero-order chi connectivity index (χ0) is 14.8. The van der Waals surface area contributed by atoms with Crippen molar-refractivity contribution in [3.63, 3.8) is 0 Å². The first-order valence-corrected chi connectivity index (χ1v) is 7.80. The Balaban J connectivity index is 1.96. The van der Waals surface area contributed by atoms with Gasteiger partial charge in [-0.15, -0.1) is 11.3 Å². The van der Waals surface area contributed by atoms with Gasteiger partial charge in [0.15, 0.2) is 0 Å². The van der Waals surface area contributed by atoms with Gasteiger partial charge in [-0.05, 0) is 23.6 Å². The maximum absolute atomic E-state index is 12.5. The molecule has 3 rings (SSSR count). The van der Waals surface area contributed by atoms with Crippen LogP contribution in [0.25, 0.3) is 10.6 Å². The number of rotatable bonds is 2. The van der Waals surface area contributed by atoms with Crippen LogP contribution in [0.3, 0.4) is 0 Å². The molecule has 3 heterocycles. The van der Waals surface area contributed by atoms with Crippen LogP contribution in [0, 0.1) is 0 Å². The molecule has 0 spiro atoms. The van der Waals surface area contributed by atoms with E-state index in [4.69, 9.17) is 0 Å². The Morgan fingerprint density at radius 3 is 2.67 bits per heavy atom. The van der Waals surface area contributed by atoms with Crippen molar-refractivity contribution in [2.45, 2.75) is 0 Å². The number of thiophene rings is 1. The van der Waals surface area contributed by atoms with Crippen LogP contribution < -0.4 is 10.9 Å². The lowest BCUT2D eigenvalue weighted by Gasteiger charge is -2.27. The third-order valence-corrected chi connectivity index (χ3v) is 4.60. The minimum atomic E-state index is -0.232. The molecule has 1 aliphatic rings. The van der Waals surface area contributed by atoms with Gasteiger partial charge in [0, 0.05) is 33.2 Å². The maximum Gasteiger partial charge on any atom is 0.263 e. The lowest BCUT2D eigenvalue weighted by Crippen LogP contribution is -2.47. The van der Waals surface area contributed by atoms with Crippen LogP contribution in [0.15, 0.2) is 34.4 Å². The molecule has 1 N–H and O–H groups in total. The van der Waals surface area contributed by atoms with E-state index in [0.717, 1.165) is 23.7 Å². The van der Waals surface area contributed by atoms with Crippen molar-refractivity contribution in [1.82, 2.24) is 14.8 Å². The van der Waals surface area contributed by atoms with Crippen LogP contribution in [-0.2, 0) is 7.05 Å². The summed E-state index contributed by atoms with van der Waals surface area (Å²) in [6.45, 7) is 2.85. The molecule has 0 bridgehead atoms. The fourth-order valence-corrected chi connectivity index (χ4v) is 3.29. The minimum absolute atomic E-state index is 0.171. The molecule has 0 saturated carbocycles. The number of hydrogen-bond acceptors (Lipinski definition) is 4. The van der Waals surface area contributed by atoms with E-state index in [0.29, 0.717) is 13.1 Å². The molecule has 0 aromatic carbocycles. The number of carbonyl (C=O) groups is 1. The van der Waals surface area contributed by atoms with Gasteiger partial charge in [0.05, 0.1) is 10.6 Å². The SMILES string of the molecule is Cn1c(-c2cccs2)ccc(C(=O)N2CCNCC2)c1=O. The van der Waals surface area contributed by atoms with Crippen molar-refractivity contribution in [2.75, 3.05) is 26.2 Å². The zero-order valence-corrected chi connectivity index (χ0v) is 12.7. The lowest BCUT2D eigenvalue weighted by molar-refractivity contribution is 0.0733. The molecule has 0 aliphatic carbocycles. The number of hydrogen-bond donors (Lipinski definition) is 1. The average molecular weight is 303 g/mol. The third kappa shape index (κ3) is 2.64. The van der Waals surface area contributed by atoms with Gasteiger partial charge in [-0.25, -0.2) is 0 Å². The number of nitrogens with one attached hydrogen (secondary N) is 1. The van der Waals surface area contributed by atoms with Crippen LogP contribution in [-0.4, -0.2) is 41.6 Å². The van der Waals surface area contributed by atoms with E-state index in [-0.39, 0.29) is 17.0 Å². The van der Waals surface area contributed by atoms with E-state index < -0.39 is 0 Å². The minimum Gasteiger partial charge on any atom is -0.336 e. The molecule has 6 heteroatoms. The Bertz CT molecular complexity index is 700. The molecule has 1 amide bonds. The highest BCUT2D eigenvalue weighted by Crippen LogP contribution is 2.23. The molecule has 0 radical (unpaired) electrons. The molecule has 1 fully saturated rings. The number of nitrogens with zero attached hydrogens (tertiary/aromatic N) is 2. The second-order valence-corrected chi connectivity index (χ2v) is 5.96. The summed E-state index contributed by atoms with van der Waals surface area (Å²) in [6.07, 6.45) is 0. The average Bonchev–Trinajstić information content (AvgIpc) is 3.04. The fraction of sp³-hybridized carbons (Fsp3) is 0.333. The number of aromatic nitrogens is 1. The van der Waals surface area contributed by atoms with Crippen molar-refractivity contribution in [2.24, 2.45) is 7.05 Å². The summed E-state index contributed by atoms with van der Waals surface area (Å²) in [7, 11) is 1.71. The maximum atomic E-state index is 12.5. The highest BCUT2D eigenvalue weighted by Gasteiger charge is 2.21. The topological polar surface area (TPSA) is 54.3 Å². The Morgan fingerprint density at radius 2 is 2.00 bits per heavy atom. The predicted molar refractivity (Wildman–Crippen MR) is 83.8 cm³/mol. The molecular formula is C15H17N3O2S. The zero-order valence-electron chi connectivity index (χ0n) is 11.8. The van der Waals surface area contributed by atoms with E-state index in [9.17, 15) is 9.59 Å². The van der Waals surface area contributed by atoms with E-state index in [1.54, 1.807) is 33.9 Å². The second kappa shape index (κ2) is 5.83. The summed E-state index contributed by atoms with van der Waals surface area (Å²) < 4.78 is 1.56. The van der Waals surface area contributed by atoms with E-state index in [1.807, 2.05) is 23.6 Å². The van der Waals surface area contributed by atoms with Crippen LogP contribution >= 0.6 is 11.3 Å². The molecule has 21 heavy (non-hydrogen) atoms. The molecule has 110 valence electrons. The van der Waals surface area contributed by atoms with Crippen LogP contribution in [0.1, 0.15) is 10.4 Å². The van der Waals surface area contributed by atoms with Gasteiger partial charge < -0.3 is 14.8 Å². The Kier molecular flexibility index (Phi) is 3.90.